The third-order valence-electron chi connectivity index (χ3n) is 4.16. The number of nitrogens with one attached hydrogen (secondary N) is 1. The van der Waals surface area contributed by atoms with E-state index in [1.165, 1.54) is 24.0 Å². The molecule has 1 saturated heterocycles. The van der Waals surface area contributed by atoms with E-state index in [-0.39, 0.29) is 6.10 Å². The average Bonchev–Trinajstić information content (AvgIpc) is 3.02. The van der Waals surface area contributed by atoms with Crippen LogP contribution in [0.5, 0.6) is 5.75 Å². The van der Waals surface area contributed by atoms with Crippen molar-refractivity contribution in [2.45, 2.75) is 38.8 Å². The van der Waals surface area contributed by atoms with E-state index in [0.29, 0.717) is 6.04 Å². The second kappa shape index (κ2) is 6.27. The van der Waals surface area contributed by atoms with Crippen LogP contribution in [0.15, 0.2) is 42.7 Å². The van der Waals surface area contributed by atoms with Gasteiger partial charge in [-0.3, -0.25) is 4.98 Å². The van der Waals surface area contributed by atoms with Gasteiger partial charge in [-0.1, -0.05) is 24.3 Å². The topological polar surface area (TPSA) is 34.1 Å². The minimum atomic E-state index is 0.168. The number of aromatic nitrogens is 1. The largest absolute Gasteiger partial charge is 0.487 e. The van der Waals surface area contributed by atoms with Crippen LogP contribution in [0.4, 0.5) is 0 Å². The predicted molar refractivity (Wildman–Crippen MR) is 85.5 cm³/mol. The fourth-order valence-corrected chi connectivity index (χ4v) is 2.94. The van der Waals surface area contributed by atoms with Gasteiger partial charge in [0, 0.05) is 17.8 Å². The van der Waals surface area contributed by atoms with Gasteiger partial charge in [-0.25, -0.2) is 0 Å². The number of ether oxygens (including phenoxy) is 1. The lowest BCUT2D eigenvalue weighted by Gasteiger charge is -2.21. The first-order valence-electron chi connectivity index (χ1n) is 7.65. The summed E-state index contributed by atoms with van der Waals surface area (Å²) in [5, 5.41) is 3.49. The number of aryl methyl sites for hydroxylation is 1. The van der Waals surface area contributed by atoms with Crippen molar-refractivity contribution in [2.24, 2.45) is 0 Å². The fraction of sp³-hybridized carbons (Fsp3) is 0.389. The molecule has 1 aromatic carbocycles. The molecule has 1 unspecified atom stereocenters. The van der Waals surface area contributed by atoms with Crippen molar-refractivity contribution in [1.29, 1.82) is 0 Å². The Kier molecular flexibility index (Phi) is 4.20. The van der Waals surface area contributed by atoms with E-state index in [4.69, 9.17) is 4.74 Å². The van der Waals surface area contributed by atoms with Crippen LogP contribution >= 0.6 is 0 Å². The molecule has 1 N–H and O–H groups in total. The monoisotopic (exact) mass is 282 g/mol. The molecule has 0 aliphatic carbocycles. The van der Waals surface area contributed by atoms with Crippen molar-refractivity contribution in [3.63, 3.8) is 0 Å². The van der Waals surface area contributed by atoms with E-state index in [0.717, 1.165) is 17.9 Å². The zero-order valence-corrected chi connectivity index (χ0v) is 12.7. The minimum absolute atomic E-state index is 0.168. The van der Waals surface area contributed by atoms with Gasteiger partial charge in [0.2, 0.25) is 0 Å². The lowest BCUT2D eigenvalue weighted by molar-refractivity contribution is 0.179. The molecule has 1 aliphatic heterocycles. The summed E-state index contributed by atoms with van der Waals surface area (Å²) in [6.45, 7) is 5.34. The molecule has 2 heterocycles. The smallest absolute Gasteiger partial charge is 0.138 e. The first kappa shape index (κ1) is 14.1. The summed E-state index contributed by atoms with van der Waals surface area (Å²) >= 11 is 0. The Balaban J connectivity index is 1.78. The van der Waals surface area contributed by atoms with Gasteiger partial charge in [0.15, 0.2) is 0 Å². The van der Waals surface area contributed by atoms with E-state index in [1.807, 2.05) is 6.20 Å². The van der Waals surface area contributed by atoms with Crippen molar-refractivity contribution in [1.82, 2.24) is 10.3 Å². The van der Waals surface area contributed by atoms with Crippen LogP contribution in [-0.2, 0) is 0 Å². The van der Waals surface area contributed by atoms with Crippen molar-refractivity contribution in [3.05, 3.63) is 48.3 Å². The Hall–Kier alpha value is -1.87. The van der Waals surface area contributed by atoms with E-state index in [1.54, 1.807) is 6.20 Å². The van der Waals surface area contributed by atoms with Crippen LogP contribution in [0.25, 0.3) is 11.1 Å². The Bertz CT molecular complexity index is 606. The van der Waals surface area contributed by atoms with Crippen molar-refractivity contribution >= 4 is 0 Å². The number of nitrogens with zero attached hydrogens (tertiary/aromatic N) is 1. The zero-order chi connectivity index (χ0) is 14.7. The number of pyridine rings is 1. The minimum Gasteiger partial charge on any atom is -0.487 e. The molecule has 1 fully saturated rings. The quantitative estimate of drug-likeness (QED) is 0.930. The maximum Gasteiger partial charge on any atom is 0.138 e. The summed E-state index contributed by atoms with van der Waals surface area (Å²) in [7, 11) is 0. The van der Waals surface area contributed by atoms with Gasteiger partial charge in [0.25, 0.3) is 0 Å². The Labute approximate surface area is 126 Å². The van der Waals surface area contributed by atoms with Gasteiger partial charge < -0.3 is 10.1 Å². The molecule has 3 nitrogen and oxygen atoms in total. The average molecular weight is 282 g/mol. The van der Waals surface area contributed by atoms with Gasteiger partial charge in [-0.15, -0.1) is 0 Å². The molecule has 1 aliphatic rings. The SMILES string of the molecule is Cc1ccccc1-c1cncc(OC(C)[C@@H]2CCCN2)c1. The van der Waals surface area contributed by atoms with Gasteiger partial charge in [0.05, 0.1) is 6.20 Å². The third-order valence-corrected chi connectivity index (χ3v) is 4.16. The molecule has 0 radical (unpaired) electrons. The van der Waals surface area contributed by atoms with Crippen LogP contribution in [0.1, 0.15) is 25.3 Å². The highest BCUT2D eigenvalue weighted by atomic mass is 16.5. The molecular weight excluding hydrogens is 260 g/mol. The maximum atomic E-state index is 6.08. The molecule has 1 aromatic heterocycles. The van der Waals surface area contributed by atoms with Crippen LogP contribution < -0.4 is 10.1 Å². The van der Waals surface area contributed by atoms with E-state index in [2.05, 4.69) is 54.5 Å². The van der Waals surface area contributed by atoms with E-state index in [9.17, 15) is 0 Å². The molecule has 0 bridgehead atoms. The summed E-state index contributed by atoms with van der Waals surface area (Å²) in [5.74, 6) is 0.844. The summed E-state index contributed by atoms with van der Waals surface area (Å²) in [4.78, 5) is 4.34. The number of benzene rings is 1. The molecule has 0 saturated carbocycles. The molecular formula is C18H22N2O. The molecule has 0 amide bonds. The van der Waals surface area contributed by atoms with Gasteiger partial charge in [0.1, 0.15) is 11.9 Å². The number of hydrogen-bond acceptors (Lipinski definition) is 3. The first-order valence-corrected chi connectivity index (χ1v) is 7.65. The number of hydrogen-bond donors (Lipinski definition) is 1. The number of rotatable bonds is 4. The van der Waals surface area contributed by atoms with Crippen LogP contribution in [0.3, 0.4) is 0 Å². The standard InChI is InChI=1S/C18H22N2O/c1-13-6-3-4-7-17(13)15-10-16(12-19-11-15)21-14(2)18-8-5-9-20-18/h3-4,6-7,10-12,14,18,20H,5,8-9H2,1-2H3/t14?,18-/m0/s1. The zero-order valence-electron chi connectivity index (χ0n) is 12.7. The summed E-state index contributed by atoms with van der Waals surface area (Å²) in [6.07, 6.45) is 6.29. The van der Waals surface area contributed by atoms with Crippen molar-refractivity contribution < 1.29 is 4.74 Å². The highest BCUT2D eigenvalue weighted by molar-refractivity contribution is 5.67. The van der Waals surface area contributed by atoms with Crippen LogP contribution in [0, 0.1) is 6.92 Å². The second-order valence-electron chi connectivity index (χ2n) is 5.75. The van der Waals surface area contributed by atoms with E-state index < -0.39 is 0 Å². The molecule has 3 rings (SSSR count). The molecule has 21 heavy (non-hydrogen) atoms. The Morgan fingerprint density at radius 1 is 1.29 bits per heavy atom. The van der Waals surface area contributed by atoms with Crippen molar-refractivity contribution in [2.75, 3.05) is 6.54 Å². The Morgan fingerprint density at radius 3 is 2.90 bits per heavy atom. The van der Waals surface area contributed by atoms with Gasteiger partial charge in [-0.2, -0.15) is 0 Å². The molecule has 2 aromatic rings. The van der Waals surface area contributed by atoms with E-state index >= 15 is 0 Å². The fourth-order valence-electron chi connectivity index (χ4n) is 2.94. The summed E-state index contributed by atoms with van der Waals surface area (Å²) < 4.78 is 6.08. The molecule has 110 valence electrons. The Morgan fingerprint density at radius 2 is 2.14 bits per heavy atom. The second-order valence-corrected chi connectivity index (χ2v) is 5.75. The van der Waals surface area contributed by atoms with Gasteiger partial charge in [-0.05, 0) is 50.4 Å². The molecule has 0 spiro atoms. The molecule has 3 heteroatoms. The van der Waals surface area contributed by atoms with Crippen LogP contribution in [0.2, 0.25) is 0 Å². The van der Waals surface area contributed by atoms with Crippen LogP contribution in [-0.4, -0.2) is 23.7 Å². The first-order chi connectivity index (χ1) is 10.2. The lowest BCUT2D eigenvalue weighted by atomic mass is 10.0. The summed E-state index contributed by atoms with van der Waals surface area (Å²) in [6, 6.07) is 10.9. The highest BCUT2D eigenvalue weighted by Crippen LogP contribution is 2.26. The van der Waals surface area contributed by atoms with Crippen molar-refractivity contribution in [3.8, 4) is 16.9 Å². The summed E-state index contributed by atoms with van der Waals surface area (Å²) in [5.41, 5.74) is 3.57. The third kappa shape index (κ3) is 3.24. The highest BCUT2D eigenvalue weighted by Gasteiger charge is 2.22. The molecule has 2 atom stereocenters. The normalized spacial score (nSPS) is 19.4. The lowest BCUT2D eigenvalue weighted by Crippen LogP contribution is -2.36. The predicted octanol–water partition coefficient (Wildman–Crippen LogP) is 3.58. The van der Waals surface area contributed by atoms with Gasteiger partial charge >= 0.3 is 0 Å². The maximum absolute atomic E-state index is 6.08.